The largest absolute Gasteiger partial charge is 0.492 e. The molecule has 0 aliphatic heterocycles. The first-order chi connectivity index (χ1) is 13.3. The van der Waals surface area contributed by atoms with Crippen molar-refractivity contribution in [2.45, 2.75) is 31.6 Å². The van der Waals surface area contributed by atoms with Gasteiger partial charge in [0, 0.05) is 20.0 Å². The van der Waals surface area contributed by atoms with Gasteiger partial charge in [-0.05, 0) is 55.7 Å². The maximum Gasteiger partial charge on any atom is 0.242 e. The number of amides is 1. The molecule has 0 bridgehead atoms. The summed E-state index contributed by atoms with van der Waals surface area (Å²) in [4.78, 5) is 12.2. The molecule has 0 aliphatic rings. The summed E-state index contributed by atoms with van der Waals surface area (Å²) in [6.45, 7) is 5.10. The molecular weight excluding hydrogens is 376 g/mol. The van der Waals surface area contributed by atoms with Gasteiger partial charge in [0.15, 0.2) is 0 Å². The molecular formula is C21H28N2O4S. The van der Waals surface area contributed by atoms with Crippen LogP contribution in [0.1, 0.15) is 24.0 Å². The molecule has 0 fully saturated rings. The van der Waals surface area contributed by atoms with Crippen molar-refractivity contribution in [2.24, 2.45) is 0 Å². The topological polar surface area (TPSA) is 75.7 Å². The summed E-state index contributed by atoms with van der Waals surface area (Å²) in [6.07, 6.45) is 0.713. The summed E-state index contributed by atoms with van der Waals surface area (Å²) in [5, 5.41) is 2.79. The monoisotopic (exact) mass is 404 g/mol. The van der Waals surface area contributed by atoms with E-state index in [2.05, 4.69) is 11.4 Å². The van der Waals surface area contributed by atoms with Gasteiger partial charge in [-0.2, -0.15) is 0 Å². The summed E-state index contributed by atoms with van der Waals surface area (Å²) in [7, 11) is -1.99. The maximum atomic E-state index is 12.4. The van der Waals surface area contributed by atoms with Crippen LogP contribution in [-0.4, -0.2) is 45.4 Å². The summed E-state index contributed by atoms with van der Waals surface area (Å²) in [5.41, 5.74) is 2.27. The third-order valence-corrected chi connectivity index (χ3v) is 6.09. The molecule has 28 heavy (non-hydrogen) atoms. The predicted octanol–water partition coefficient (Wildman–Crippen LogP) is 2.90. The van der Waals surface area contributed by atoms with Gasteiger partial charge < -0.3 is 10.1 Å². The smallest absolute Gasteiger partial charge is 0.242 e. The Kier molecular flexibility index (Phi) is 8.02. The number of nitrogens with one attached hydrogen (secondary N) is 1. The Morgan fingerprint density at radius 2 is 1.71 bits per heavy atom. The van der Waals surface area contributed by atoms with Crippen LogP contribution in [0.5, 0.6) is 5.75 Å². The number of carbonyl (C=O) groups excluding carboxylic acids is 1. The van der Waals surface area contributed by atoms with Crippen molar-refractivity contribution >= 4 is 15.9 Å². The van der Waals surface area contributed by atoms with E-state index in [9.17, 15) is 13.2 Å². The van der Waals surface area contributed by atoms with Crippen LogP contribution in [0.15, 0.2) is 53.4 Å². The second-order valence-electron chi connectivity index (χ2n) is 6.77. The number of rotatable bonds is 10. The molecule has 0 saturated heterocycles. The highest BCUT2D eigenvalue weighted by molar-refractivity contribution is 7.89. The average molecular weight is 405 g/mol. The number of carbonyl (C=O) groups is 1. The average Bonchev–Trinajstić information content (AvgIpc) is 2.65. The molecule has 2 rings (SSSR count). The molecule has 0 unspecified atom stereocenters. The molecule has 0 aliphatic carbocycles. The quantitative estimate of drug-likeness (QED) is 0.618. The first kappa shape index (κ1) is 21.9. The number of benzene rings is 2. The predicted molar refractivity (Wildman–Crippen MR) is 110 cm³/mol. The lowest BCUT2D eigenvalue weighted by molar-refractivity contribution is -0.121. The lowest BCUT2D eigenvalue weighted by atomic mass is 10.1. The lowest BCUT2D eigenvalue weighted by Crippen LogP contribution is -2.31. The molecule has 0 radical (unpaired) electrons. The Labute approximate surface area is 167 Å². The van der Waals surface area contributed by atoms with Gasteiger partial charge in [-0.15, -0.1) is 0 Å². The number of hydrogen-bond acceptors (Lipinski definition) is 4. The van der Waals surface area contributed by atoms with Crippen LogP contribution in [0.4, 0.5) is 0 Å². The summed E-state index contributed by atoms with van der Waals surface area (Å²) in [5.74, 6) is 0.675. The molecule has 0 saturated carbocycles. The second-order valence-corrected chi connectivity index (χ2v) is 8.81. The molecule has 0 heterocycles. The van der Waals surface area contributed by atoms with Crippen LogP contribution in [0.25, 0.3) is 0 Å². The van der Waals surface area contributed by atoms with Crippen LogP contribution in [0, 0.1) is 13.8 Å². The molecule has 1 amide bonds. The summed E-state index contributed by atoms with van der Waals surface area (Å²) >= 11 is 0. The van der Waals surface area contributed by atoms with Gasteiger partial charge >= 0.3 is 0 Å². The molecule has 2 aromatic rings. The van der Waals surface area contributed by atoms with Gasteiger partial charge in [0.25, 0.3) is 0 Å². The minimum absolute atomic E-state index is 0.116. The van der Waals surface area contributed by atoms with E-state index in [1.807, 2.05) is 26.0 Å². The van der Waals surface area contributed by atoms with Crippen molar-refractivity contribution in [2.75, 3.05) is 26.7 Å². The first-order valence-corrected chi connectivity index (χ1v) is 10.7. The fraction of sp³-hybridized carbons (Fsp3) is 0.381. The van der Waals surface area contributed by atoms with E-state index in [0.29, 0.717) is 19.6 Å². The van der Waals surface area contributed by atoms with E-state index in [1.165, 1.54) is 11.4 Å². The number of hydrogen-bond donors (Lipinski definition) is 1. The first-order valence-electron chi connectivity index (χ1n) is 9.28. The molecule has 1 N–H and O–H groups in total. The Hall–Kier alpha value is -2.38. The zero-order chi connectivity index (χ0) is 20.6. The van der Waals surface area contributed by atoms with Crippen LogP contribution >= 0.6 is 0 Å². The van der Waals surface area contributed by atoms with E-state index < -0.39 is 10.0 Å². The number of ether oxygens (including phenoxy) is 1. The van der Waals surface area contributed by atoms with Gasteiger partial charge in [0.05, 0.1) is 11.4 Å². The highest BCUT2D eigenvalue weighted by Crippen LogP contribution is 2.16. The molecule has 7 heteroatoms. The van der Waals surface area contributed by atoms with Crippen molar-refractivity contribution in [3.05, 3.63) is 59.7 Å². The third kappa shape index (κ3) is 6.65. The van der Waals surface area contributed by atoms with Crippen LogP contribution < -0.4 is 10.1 Å². The van der Waals surface area contributed by atoms with Crippen molar-refractivity contribution < 1.29 is 17.9 Å². The minimum atomic E-state index is -3.51. The van der Waals surface area contributed by atoms with Crippen molar-refractivity contribution in [3.8, 4) is 5.75 Å². The van der Waals surface area contributed by atoms with Gasteiger partial charge in [-0.3, -0.25) is 4.79 Å². The van der Waals surface area contributed by atoms with Gasteiger partial charge in [0.1, 0.15) is 12.4 Å². The minimum Gasteiger partial charge on any atom is -0.492 e. The van der Waals surface area contributed by atoms with E-state index in [-0.39, 0.29) is 23.8 Å². The Bertz CT molecular complexity index is 862. The number of nitrogens with zero attached hydrogens (tertiary/aromatic N) is 1. The third-order valence-electron chi connectivity index (χ3n) is 4.22. The number of aryl methyl sites for hydroxylation is 2. The van der Waals surface area contributed by atoms with E-state index in [4.69, 9.17) is 4.74 Å². The van der Waals surface area contributed by atoms with Crippen molar-refractivity contribution in [1.29, 1.82) is 0 Å². The molecule has 0 aromatic heterocycles. The highest BCUT2D eigenvalue weighted by atomic mass is 32.2. The van der Waals surface area contributed by atoms with Crippen LogP contribution in [0.2, 0.25) is 0 Å². The zero-order valence-corrected chi connectivity index (χ0v) is 17.5. The molecule has 0 atom stereocenters. The van der Waals surface area contributed by atoms with Crippen LogP contribution in [0.3, 0.4) is 0 Å². The SMILES string of the molecule is Cc1cc(C)cc(OCCNC(=O)CCCN(C)S(=O)(=O)c2ccccc2)c1. The van der Waals surface area contributed by atoms with Gasteiger partial charge in [0.2, 0.25) is 15.9 Å². The zero-order valence-electron chi connectivity index (χ0n) is 16.6. The Balaban J connectivity index is 1.67. The number of sulfonamides is 1. The maximum absolute atomic E-state index is 12.4. The van der Waals surface area contributed by atoms with Gasteiger partial charge in [-0.25, -0.2) is 12.7 Å². The highest BCUT2D eigenvalue weighted by Gasteiger charge is 2.19. The van der Waals surface area contributed by atoms with E-state index >= 15 is 0 Å². The summed E-state index contributed by atoms with van der Waals surface area (Å²) in [6, 6.07) is 14.3. The van der Waals surface area contributed by atoms with Crippen molar-refractivity contribution in [3.63, 3.8) is 0 Å². The van der Waals surface area contributed by atoms with Crippen molar-refractivity contribution in [1.82, 2.24) is 9.62 Å². The van der Waals surface area contributed by atoms with Gasteiger partial charge in [-0.1, -0.05) is 24.3 Å². The second kappa shape index (κ2) is 10.2. The molecule has 152 valence electrons. The normalized spacial score (nSPS) is 11.4. The Morgan fingerprint density at radius 1 is 1.07 bits per heavy atom. The molecule has 2 aromatic carbocycles. The fourth-order valence-electron chi connectivity index (χ4n) is 2.82. The lowest BCUT2D eigenvalue weighted by Gasteiger charge is -2.17. The standard InChI is InChI=1S/C21H28N2O4S/c1-17-14-18(2)16-19(15-17)27-13-11-22-21(24)10-7-12-23(3)28(25,26)20-8-5-4-6-9-20/h4-6,8-9,14-16H,7,10-13H2,1-3H3,(H,22,24). The molecule has 6 nitrogen and oxygen atoms in total. The van der Waals surface area contributed by atoms with E-state index in [1.54, 1.807) is 30.3 Å². The van der Waals surface area contributed by atoms with Crippen LogP contribution in [-0.2, 0) is 14.8 Å². The summed E-state index contributed by atoms with van der Waals surface area (Å²) < 4.78 is 31.7. The van der Waals surface area contributed by atoms with E-state index in [0.717, 1.165) is 16.9 Å². The Morgan fingerprint density at radius 3 is 2.36 bits per heavy atom. The molecule has 0 spiro atoms. The fourth-order valence-corrected chi connectivity index (χ4v) is 4.05.